The fourth-order valence-corrected chi connectivity index (χ4v) is 2.06. The van der Waals surface area contributed by atoms with Crippen molar-refractivity contribution >= 4 is 57.0 Å². The van der Waals surface area contributed by atoms with Crippen molar-refractivity contribution in [2.75, 3.05) is 21.9 Å². The van der Waals surface area contributed by atoms with Gasteiger partial charge in [-0.15, -0.1) is 0 Å². The topological polar surface area (TPSA) is 40.6 Å². The smallest absolute Gasteiger partial charge is 0.250 e. The summed E-state index contributed by atoms with van der Waals surface area (Å²) >= 11 is 4.04. The molecule has 0 saturated carbocycles. The van der Waals surface area contributed by atoms with Gasteiger partial charge in [-0.2, -0.15) is 0 Å². The lowest BCUT2D eigenvalue weighted by Crippen LogP contribution is -2.45. The number of hydrazine groups is 1. The van der Waals surface area contributed by atoms with Crippen LogP contribution >= 0.6 is 45.2 Å². The van der Waals surface area contributed by atoms with E-state index in [4.69, 9.17) is 0 Å². The second kappa shape index (κ2) is 5.32. The minimum absolute atomic E-state index is 0.0244. The number of hydrogen-bond acceptors (Lipinski definition) is 2. The maximum Gasteiger partial charge on any atom is 0.250 e. The summed E-state index contributed by atoms with van der Waals surface area (Å²) in [7, 11) is 0. The van der Waals surface area contributed by atoms with Crippen molar-refractivity contribution in [1.82, 2.24) is 10.0 Å². The number of hydrogen-bond donors (Lipinski definition) is 0. The van der Waals surface area contributed by atoms with Crippen LogP contribution in [0.3, 0.4) is 0 Å². The maximum atomic E-state index is 11.4. The molecule has 0 aliphatic carbocycles. The minimum Gasteiger partial charge on any atom is -0.272 e. The van der Waals surface area contributed by atoms with E-state index in [9.17, 15) is 9.59 Å². The summed E-state index contributed by atoms with van der Waals surface area (Å²) < 4.78 is 0.867. The zero-order valence-corrected chi connectivity index (χ0v) is 11.3. The minimum atomic E-state index is 0.0244. The molecular weight excluding hydrogens is 398 g/mol. The van der Waals surface area contributed by atoms with Gasteiger partial charge in [-0.25, -0.2) is 0 Å². The first kappa shape index (κ1) is 11.5. The van der Waals surface area contributed by atoms with Gasteiger partial charge in [0.15, 0.2) is 0 Å². The SMILES string of the molecule is O=C(CI)N1CCCN1C(=O)CI. The highest BCUT2D eigenvalue weighted by atomic mass is 127. The van der Waals surface area contributed by atoms with E-state index in [1.54, 1.807) is 10.0 Å². The zero-order chi connectivity index (χ0) is 9.84. The molecule has 0 aromatic heterocycles. The quantitative estimate of drug-likeness (QED) is 0.502. The third-order valence-electron chi connectivity index (χ3n) is 1.84. The third-order valence-corrected chi connectivity index (χ3v) is 3.14. The van der Waals surface area contributed by atoms with Crippen LogP contribution in [0.4, 0.5) is 0 Å². The Morgan fingerprint density at radius 2 is 1.38 bits per heavy atom. The monoisotopic (exact) mass is 408 g/mol. The number of halogens is 2. The van der Waals surface area contributed by atoms with Gasteiger partial charge in [0.25, 0.3) is 11.8 Å². The fourth-order valence-electron chi connectivity index (χ4n) is 1.27. The molecule has 0 spiro atoms. The predicted octanol–water partition coefficient (Wildman–Crippen LogP) is 0.832. The Hall–Kier alpha value is 0.400. The second-order valence-electron chi connectivity index (χ2n) is 2.65. The van der Waals surface area contributed by atoms with E-state index in [1.807, 2.05) is 45.2 Å². The van der Waals surface area contributed by atoms with Crippen molar-refractivity contribution in [1.29, 1.82) is 0 Å². The summed E-state index contributed by atoms with van der Waals surface area (Å²) in [5.41, 5.74) is 0. The number of nitrogens with zero attached hydrogens (tertiary/aromatic N) is 2. The highest BCUT2D eigenvalue weighted by molar-refractivity contribution is 14.1. The first-order chi connectivity index (χ1) is 6.20. The van der Waals surface area contributed by atoms with E-state index in [-0.39, 0.29) is 11.8 Å². The average Bonchev–Trinajstić information content (AvgIpc) is 2.63. The molecule has 1 rings (SSSR count). The number of amides is 2. The Labute approximate surface area is 104 Å². The normalized spacial score (nSPS) is 16.5. The molecule has 0 aromatic rings. The van der Waals surface area contributed by atoms with Gasteiger partial charge in [-0.05, 0) is 6.42 Å². The molecule has 1 aliphatic rings. The Balaban J connectivity index is 2.63. The summed E-state index contributed by atoms with van der Waals surface area (Å²) in [5, 5.41) is 3.13. The van der Waals surface area contributed by atoms with Gasteiger partial charge in [0.2, 0.25) is 0 Å². The molecule has 0 N–H and O–H groups in total. The number of carbonyl (C=O) groups is 2. The van der Waals surface area contributed by atoms with Gasteiger partial charge >= 0.3 is 0 Å². The lowest BCUT2D eigenvalue weighted by molar-refractivity contribution is -0.153. The van der Waals surface area contributed by atoms with Crippen LogP contribution in [-0.4, -0.2) is 43.8 Å². The van der Waals surface area contributed by atoms with E-state index >= 15 is 0 Å². The van der Waals surface area contributed by atoms with Crippen LogP contribution in [0.2, 0.25) is 0 Å². The maximum absolute atomic E-state index is 11.4. The average molecular weight is 408 g/mol. The van der Waals surface area contributed by atoms with E-state index in [2.05, 4.69) is 0 Å². The van der Waals surface area contributed by atoms with Crippen LogP contribution in [-0.2, 0) is 9.59 Å². The molecular formula is C7H10I2N2O2. The van der Waals surface area contributed by atoms with Gasteiger partial charge in [0, 0.05) is 13.1 Å². The molecule has 0 bridgehead atoms. The molecule has 1 heterocycles. The number of rotatable bonds is 2. The largest absolute Gasteiger partial charge is 0.272 e. The zero-order valence-electron chi connectivity index (χ0n) is 7.00. The molecule has 2 amide bonds. The Kier molecular flexibility index (Phi) is 4.70. The Morgan fingerprint density at radius 1 is 1.00 bits per heavy atom. The predicted molar refractivity (Wildman–Crippen MR) is 65.8 cm³/mol. The highest BCUT2D eigenvalue weighted by Gasteiger charge is 2.28. The van der Waals surface area contributed by atoms with Crippen molar-refractivity contribution in [3.8, 4) is 0 Å². The fraction of sp³-hybridized carbons (Fsp3) is 0.714. The Morgan fingerprint density at radius 3 is 1.69 bits per heavy atom. The number of alkyl halides is 2. The molecule has 0 radical (unpaired) electrons. The molecule has 1 fully saturated rings. The van der Waals surface area contributed by atoms with Gasteiger partial charge < -0.3 is 0 Å². The molecule has 4 nitrogen and oxygen atoms in total. The van der Waals surface area contributed by atoms with Crippen molar-refractivity contribution < 1.29 is 9.59 Å². The van der Waals surface area contributed by atoms with Gasteiger partial charge in [0.05, 0.1) is 8.86 Å². The Bertz CT molecular complexity index is 201. The second-order valence-corrected chi connectivity index (χ2v) is 4.18. The molecule has 6 heteroatoms. The van der Waals surface area contributed by atoms with Crippen molar-refractivity contribution in [2.45, 2.75) is 6.42 Å². The molecule has 74 valence electrons. The van der Waals surface area contributed by atoms with Crippen LogP contribution in [0.1, 0.15) is 6.42 Å². The summed E-state index contributed by atoms with van der Waals surface area (Å²) in [4.78, 5) is 22.7. The molecule has 1 aliphatic heterocycles. The summed E-state index contributed by atoms with van der Waals surface area (Å²) in [6.45, 7) is 1.37. The first-order valence-corrected chi connectivity index (χ1v) is 6.98. The summed E-state index contributed by atoms with van der Waals surface area (Å²) in [5.74, 6) is 0.0487. The van der Waals surface area contributed by atoms with Crippen molar-refractivity contribution in [3.63, 3.8) is 0 Å². The van der Waals surface area contributed by atoms with E-state index in [1.165, 1.54) is 0 Å². The molecule has 0 aromatic carbocycles. The molecule has 0 unspecified atom stereocenters. The van der Waals surface area contributed by atoms with E-state index in [0.29, 0.717) is 21.9 Å². The van der Waals surface area contributed by atoms with Gasteiger partial charge in [0.1, 0.15) is 0 Å². The van der Waals surface area contributed by atoms with Crippen LogP contribution in [0, 0.1) is 0 Å². The van der Waals surface area contributed by atoms with Crippen molar-refractivity contribution in [2.24, 2.45) is 0 Å². The number of carbonyl (C=O) groups excluding carboxylic acids is 2. The van der Waals surface area contributed by atoms with Crippen LogP contribution < -0.4 is 0 Å². The standard InChI is InChI=1S/C7H10I2N2O2/c8-4-6(12)10-2-1-3-11(10)7(13)5-9/h1-5H2. The van der Waals surface area contributed by atoms with Crippen LogP contribution in [0.15, 0.2) is 0 Å². The van der Waals surface area contributed by atoms with Crippen molar-refractivity contribution in [3.05, 3.63) is 0 Å². The lowest BCUT2D eigenvalue weighted by Gasteiger charge is -2.26. The molecule has 0 atom stereocenters. The van der Waals surface area contributed by atoms with E-state index < -0.39 is 0 Å². The summed E-state index contributed by atoms with van der Waals surface area (Å²) in [6.07, 6.45) is 0.894. The van der Waals surface area contributed by atoms with Crippen LogP contribution in [0.25, 0.3) is 0 Å². The van der Waals surface area contributed by atoms with E-state index in [0.717, 1.165) is 6.42 Å². The highest BCUT2D eigenvalue weighted by Crippen LogP contribution is 2.12. The van der Waals surface area contributed by atoms with Crippen LogP contribution in [0.5, 0.6) is 0 Å². The first-order valence-electron chi connectivity index (χ1n) is 3.93. The summed E-state index contributed by atoms with van der Waals surface area (Å²) in [6, 6.07) is 0. The molecule has 13 heavy (non-hydrogen) atoms. The lowest BCUT2D eigenvalue weighted by atomic mass is 10.4. The third kappa shape index (κ3) is 2.67. The van der Waals surface area contributed by atoms with Gasteiger partial charge in [-0.1, -0.05) is 45.2 Å². The molecule has 1 saturated heterocycles. The van der Waals surface area contributed by atoms with Gasteiger partial charge in [-0.3, -0.25) is 19.6 Å².